The largest absolute Gasteiger partial charge is 2.00 e. The van der Waals surface area contributed by atoms with Crippen LogP contribution in [0.25, 0.3) is 11.5 Å². The van der Waals surface area contributed by atoms with Gasteiger partial charge in [0.25, 0.3) is 0 Å². The number of carbonyl (C=O) groups is 6. The van der Waals surface area contributed by atoms with Gasteiger partial charge in [-0.25, -0.2) is 19.2 Å². The number of alkyl carbamates (subject to hydrolysis) is 2. The van der Waals surface area contributed by atoms with Gasteiger partial charge in [0, 0.05) is 36.1 Å². The van der Waals surface area contributed by atoms with Crippen LogP contribution in [0.1, 0.15) is 41.5 Å². The van der Waals surface area contributed by atoms with Crippen molar-refractivity contribution in [2.45, 2.75) is 64.8 Å². The Kier molecular flexibility index (Phi) is 65.5. The molecule has 2 atom stereocenters. The Labute approximate surface area is 531 Å². The van der Waals surface area contributed by atoms with E-state index in [4.69, 9.17) is 87.3 Å². The number of esters is 2. The predicted octanol–water partition coefficient (Wildman–Crippen LogP) is 0.978. The quantitative estimate of drug-likeness (QED) is 0.0217. The molecule has 0 aromatic rings. The standard InChI is InChI=1S/2C25H46N3O12S.2W/c2*1-25(2,3)40-24(32)27-4-5-33-6-7-34-8-9-35-10-11-36-12-13-37-14-15-38-16-17-39-23(31)21(28-20-29)18-41-19-22(26)30;;/h2*21H,4-19H2,1-3H3,(H4,26,27,28,29,30,32);;/q2*-1;2*+2/p-2. The van der Waals surface area contributed by atoms with Crippen molar-refractivity contribution in [1.82, 2.24) is 21.3 Å². The molecule has 6 amide bonds. The van der Waals surface area contributed by atoms with Crippen molar-refractivity contribution in [3.63, 3.8) is 0 Å². The number of rotatable bonds is 56. The number of thioether (sulfide) groups is 2. The normalized spacial score (nSPS) is 11.7. The third-order valence-corrected chi connectivity index (χ3v) is 10.6. The Morgan fingerprint density at radius 3 is 0.798 bits per heavy atom. The fraction of sp³-hybridized carbons (Fsp3) is 0.840. The van der Waals surface area contributed by atoms with Crippen molar-refractivity contribution in [2.24, 2.45) is 0 Å². The van der Waals surface area contributed by atoms with Crippen LogP contribution in [-0.4, -0.2) is 280 Å². The van der Waals surface area contributed by atoms with E-state index in [0.29, 0.717) is 158 Å². The Morgan fingerprint density at radius 2 is 0.595 bits per heavy atom. The van der Waals surface area contributed by atoms with Crippen LogP contribution in [0.15, 0.2) is 0 Å². The molecule has 0 spiro atoms. The number of carbonyl (C=O) groups excluding carboxylic acids is 8. The number of ether oxygens (including phenoxy) is 16. The molecule has 84 heavy (non-hydrogen) atoms. The van der Waals surface area contributed by atoms with Crippen LogP contribution in [0.5, 0.6) is 0 Å². The van der Waals surface area contributed by atoms with Crippen molar-refractivity contribution >= 4 is 72.3 Å². The van der Waals surface area contributed by atoms with E-state index in [1.54, 1.807) is 41.5 Å². The van der Waals surface area contributed by atoms with Crippen molar-refractivity contribution in [1.29, 1.82) is 0 Å². The summed E-state index contributed by atoms with van der Waals surface area (Å²) in [6, 6.07) is -1.89. The van der Waals surface area contributed by atoms with Crippen LogP contribution in [0.2, 0.25) is 0 Å². The summed E-state index contributed by atoms with van der Waals surface area (Å²) in [5.74, 6) is -2.83. The molecule has 0 saturated heterocycles. The zero-order chi connectivity index (χ0) is 61.2. The first-order valence-electron chi connectivity index (χ1n) is 26.4. The summed E-state index contributed by atoms with van der Waals surface area (Å²) in [6.07, 6.45) is 1.91. The molecule has 0 radical (unpaired) electrons. The van der Waals surface area contributed by atoms with Gasteiger partial charge >= 0.3 is 66.3 Å². The van der Waals surface area contributed by atoms with Gasteiger partial charge in [0.15, 0.2) is 0 Å². The van der Waals surface area contributed by atoms with Gasteiger partial charge in [0.05, 0.1) is 170 Å². The Morgan fingerprint density at radius 1 is 0.381 bits per heavy atom. The molecule has 0 aliphatic carbocycles. The van der Waals surface area contributed by atoms with Gasteiger partial charge in [-0.3, -0.25) is 0 Å². The van der Waals surface area contributed by atoms with Gasteiger partial charge in [-0.15, -0.1) is 0 Å². The molecule has 0 rings (SSSR count). The number of hydrogen-bond donors (Lipinski definition) is 4. The fourth-order valence-electron chi connectivity index (χ4n) is 5.10. The molecule has 0 aromatic carbocycles. The molecule has 0 aliphatic heterocycles. The van der Waals surface area contributed by atoms with Crippen LogP contribution in [0.4, 0.5) is 9.59 Å². The summed E-state index contributed by atoms with van der Waals surface area (Å²) in [7, 11) is 0. The first kappa shape index (κ1) is 87.4. The van der Waals surface area contributed by atoms with Gasteiger partial charge in [-0.05, 0) is 41.5 Å². The van der Waals surface area contributed by atoms with E-state index in [0.717, 1.165) is 23.5 Å². The molecule has 30 nitrogen and oxygen atoms in total. The first-order chi connectivity index (χ1) is 39.3. The Balaban J connectivity index is -0.000000744. The summed E-state index contributed by atoms with van der Waals surface area (Å²) >= 11 is 2.09. The molecule has 0 aromatic heterocycles. The van der Waals surface area contributed by atoms with E-state index in [2.05, 4.69) is 21.3 Å². The van der Waals surface area contributed by atoms with Crippen LogP contribution < -0.4 is 21.3 Å². The molecule has 0 saturated carbocycles. The average Bonchev–Trinajstić information content (AvgIpc) is 3.39. The minimum absolute atomic E-state index is 0. The van der Waals surface area contributed by atoms with E-state index in [9.17, 15) is 38.4 Å². The topological polar surface area (TPSA) is 380 Å². The number of nitrogens with one attached hydrogen (secondary N) is 6. The van der Waals surface area contributed by atoms with E-state index < -0.39 is 59.2 Å². The molecule has 0 bridgehead atoms. The van der Waals surface area contributed by atoms with E-state index in [-0.39, 0.29) is 91.6 Å². The second kappa shape index (κ2) is 63.0. The molecule has 0 fully saturated rings. The zero-order valence-electron chi connectivity index (χ0n) is 49.2. The smallest absolute Gasteiger partial charge is 0.667 e. The van der Waals surface area contributed by atoms with E-state index in [1.165, 1.54) is 12.8 Å². The SMILES string of the molecule is CC(C)(C)OC(=O)NCCOCCOCCOCCOCCOCCOCCOC(=O)C(CSCC([NH-])=O)N[C-]=O.CC(C)(C)OC(=O)NCCOCCOCCOCCOCCOCCOCCOC(=O)C(CSCC([NH-])=O)N[C-]=O.[W+2].[W+2]. The van der Waals surface area contributed by atoms with E-state index >= 15 is 0 Å². The van der Waals surface area contributed by atoms with Crippen LogP contribution >= 0.6 is 23.5 Å². The van der Waals surface area contributed by atoms with Gasteiger partial charge in [-0.2, -0.15) is 36.3 Å². The van der Waals surface area contributed by atoms with Gasteiger partial charge in [-0.1, -0.05) is 0 Å². The predicted molar refractivity (Wildman–Crippen MR) is 299 cm³/mol. The van der Waals surface area contributed by atoms with Crippen LogP contribution in [0, 0.1) is 0 Å². The monoisotopic (exact) mass is 1590 g/mol. The van der Waals surface area contributed by atoms with Crippen LogP contribution in [-0.2, 0) is 147 Å². The summed E-state index contributed by atoms with van der Waals surface area (Å²) < 4.78 is 84.8. The van der Waals surface area contributed by atoms with Crippen molar-refractivity contribution < 1.29 is 156 Å². The third kappa shape index (κ3) is 69.7. The van der Waals surface area contributed by atoms with Gasteiger partial charge < -0.3 is 128 Å². The minimum atomic E-state index is -0.947. The summed E-state index contributed by atoms with van der Waals surface area (Å²) in [6.45, 7) is 20.6. The molecule has 6 N–H and O–H groups in total. The van der Waals surface area contributed by atoms with E-state index in [1.807, 2.05) is 0 Å². The Hall–Kier alpha value is -3.04. The maximum atomic E-state index is 11.9. The molecule has 2 unspecified atom stereocenters. The molecule has 0 aliphatic rings. The van der Waals surface area contributed by atoms with Gasteiger partial charge in [0.1, 0.15) is 36.5 Å². The molecule has 34 heteroatoms. The molecular formula is C50H90N6O24S2W2. The molecule has 0 heterocycles. The molecule has 488 valence electrons. The third-order valence-electron chi connectivity index (χ3n) is 8.56. The van der Waals surface area contributed by atoms with Crippen LogP contribution in [0.3, 0.4) is 0 Å². The number of amides is 6. The van der Waals surface area contributed by atoms with Gasteiger partial charge in [0.2, 0.25) is 0 Å². The molecular weight excluding hydrogens is 1500 g/mol. The van der Waals surface area contributed by atoms with Crippen molar-refractivity contribution in [2.75, 3.05) is 208 Å². The summed E-state index contributed by atoms with van der Waals surface area (Å²) in [5, 5.41) is 9.62. The zero-order valence-corrected chi connectivity index (χ0v) is 56.7. The number of hydrogen-bond acceptors (Lipinski definition) is 26. The fourth-order valence-corrected chi connectivity index (χ4v) is 6.62. The maximum absolute atomic E-state index is 11.9. The Bertz CT molecular complexity index is 1520. The van der Waals surface area contributed by atoms with Crippen molar-refractivity contribution in [3.8, 4) is 0 Å². The summed E-state index contributed by atoms with van der Waals surface area (Å²) in [4.78, 5) is 89.0. The summed E-state index contributed by atoms with van der Waals surface area (Å²) in [5.41, 5.74) is 12.6. The minimum Gasteiger partial charge on any atom is -0.667 e. The maximum Gasteiger partial charge on any atom is 2.00 e. The van der Waals surface area contributed by atoms with Crippen molar-refractivity contribution in [3.05, 3.63) is 11.5 Å². The average molecular weight is 1590 g/mol. The second-order valence-electron chi connectivity index (χ2n) is 18.0. The second-order valence-corrected chi connectivity index (χ2v) is 20.1. The first-order valence-corrected chi connectivity index (χ1v) is 28.7.